The average molecular weight is 415 g/mol. The van der Waals surface area contributed by atoms with Gasteiger partial charge in [0.1, 0.15) is 11.5 Å². The zero-order valence-corrected chi connectivity index (χ0v) is 16.9. The van der Waals surface area contributed by atoms with Crippen LogP contribution in [-0.2, 0) is 11.3 Å². The number of methoxy groups -OCH3 is 2. The zero-order chi connectivity index (χ0) is 18.9. The second-order valence-electron chi connectivity index (χ2n) is 5.58. The summed E-state index contributed by atoms with van der Waals surface area (Å²) in [5.41, 5.74) is 7.50. The first-order valence-electron chi connectivity index (χ1n) is 8.17. The van der Waals surface area contributed by atoms with Gasteiger partial charge in [-0.2, -0.15) is 0 Å². The fraction of sp³-hybridized carbons (Fsp3) is 0.316. The highest BCUT2D eigenvalue weighted by molar-refractivity contribution is 6.33. The summed E-state index contributed by atoms with van der Waals surface area (Å²) in [7, 11) is 3.11. The van der Waals surface area contributed by atoms with Crippen LogP contribution in [0.4, 0.5) is 5.69 Å². The molecule has 0 aliphatic heterocycles. The van der Waals surface area contributed by atoms with Crippen LogP contribution in [0.3, 0.4) is 0 Å². The molecule has 0 unspecified atom stereocenters. The highest BCUT2D eigenvalue weighted by Crippen LogP contribution is 2.28. The molecule has 6 nitrogen and oxygen atoms in total. The lowest BCUT2D eigenvalue weighted by Gasteiger charge is -2.11. The number of halogens is 2. The van der Waals surface area contributed by atoms with Crippen molar-refractivity contribution in [2.75, 3.05) is 33.1 Å². The van der Waals surface area contributed by atoms with Crippen molar-refractivity contribution in [1.29, 1.82) is 0 Å². The fourth-order valence-electron chi connectivity index (χ4n) is 2.30. The molecule has 0 heterocycles. The van der Waals surface area contributed by atoms with Gasteiger partial charge in [0.05, 0.1) is 37.1 Å². The Hall–Kier alpha value is -2.15. The number of anilines is 1. The van der Waals surface area contributed by atoms with Gasteiger partial charge in [-0.15, -0.1) is 12.4 Å². The fourth-order valence-corrected chi connectivity index (χ4v) is 2.46. The van der Waals surface area contributed by atoms with Crippen LogP contribution in [-0.4, -0.2) is 33.3 Å². The van der Waals surface area contributed by atoms with E-state index in [0.717, 1.165) is 11.3 Å². The number of benzene rings is 2. The van der Waals surface area contributed by atoms with Gasteiger partial charge in [0.2, 0.25) is 0 Å². The molecule has 148 valence electrons. The maximum atomic E-state index is 12.3. The summed E-state index contributed by atoms with van der Waals surface area (Å²) in [5.74, 6) is 0.939. The van der Waals surface area contributed by atoms with Crippen LogP contribution in [0, 0.1) is 0 Å². The summed E-state index contributed by atoms with van der Waals surface area (Å²) >= 11 is 5.98. The van der Waals surface area contributed by atoms with E-state index < -0.39 is 0 Å². The van der Waals surface area contributed by atoms with Gasteiger partial charge in [-0.25, -0.2) is 0 Å². The van der Waals surface area contributed by atoms with Crippen LogP contribution < -0.4 is 20.5 Å². The number of amides is 1. The molecule has 2 aromatic carbocycles. The van der Waals surface area contributed by atoms with Crippen LogP contribution >= 0.6 is 24.0 Å². The molecule has 0 spiro atoms. The Morgan fingerprint density at radius 1 is 1.15 bits per heavy atom. The molecule has 1 amide bonds. The van der Waals surface area contributed by atoms with E-state index in [2.05, 4.69) is 5.32 Å². The lowest BCUT2D eigenvalue weighted by Crippen LogP contribution is -2.25. The number of nitrogens with one attached hydrogen (secondary N) is 1. The Balaban J connectivity index is 0.00000364. The summed E-state index contributed by atoms with van der Waals surface area (Å²) in [6.07, 6.45) is 0.687. The monoisotopic (exact) mass is 414 g/mol. The number of hydrogen-bond donors (Lipinski definition) is 2. The normalized spacial score (nSPS) is 10.0. The van der Waals surface area contributed by atoms with Gasteiger partial charge in [0, 0.05) is 19.2 Å². The Bertz CT molecular complexity index is 739. The van der Waals surface area contributed by atoms with E-state index in [1.54, 1.807) is 7.11 Å². The molecule has 0 fully saturated rings. The third kappa shape index (κ3) is 6.82. The molecular weight excluding hydrogens is 391 g/mol. The highest BCUT2D eigenvalue weighted by Gasteiger charge is 2.14. The Labute approximate surface area is 170 Å². The van der Waals surface area contributed by atoms with Gasteiger partial charge in [0.15, 0.2) is 0 Å². The minimum Gasteiger partial charge on any atom is -0.497 e. The van der Waals surface area contributed by atoms with Gasteiger partial charge in [-0.3, -0.25) is 4.79 Å². The van der Waals surface area contributed by atoms with E-state index in [1.165, 1.54) is 19.2 Å². The minimum absolute atomic E-state index is 0. The number of ether oxygens (including phenoxy) is 3. The lowest BCUT2D eigenvalue weighted by molar-refractivity contribution is 0.0931. The van der Waals surface area contributed by atoms with Crippen molar-refractivity contribution in [3.05, 3.63) is 52.5 Å². The maximum absolute atomic E-state index is 12.3. The largest absolute Gasteiger partial charge is 0.497 e. The molecule has 0 aliphatic carbocycles. The van der Waals surface area contributed by atoms with Gasteiger partial charge >= 0.3 is 0 Å². The van der Waals surface area contributed by atoms with Crippen molar-refractivity contribution in [3.8, 4) is 11.5 Å². The summed E-state index contributed by atoms with van der Waals surface area (Å²) < 4.78 is 15.9. The molecule has 0 aliphatic rings. The molecule has 0 aromatic heterocycles. The topological polar surface area (TPSA) is 82.8 Å². The first-order chi connectivity index (χ1) is 12.5. The van der Waals surface area contributed by atoms with E-state index in [-0.39, 0.29) is 18.3 Å². The Morgan fingerprint density at radius 2 is 1.85 bits per heavy atom. The summed E-state index contributed by atoms with van der Waals surface area (Å²) in [6, 6.07) is 10.7. The SMILES string of the molecule is COc1ccc(COCCCNC(=O)c2cc(Cl)c(N)cc2OC)cc1.Cl. The molecule has 0 bridgehead atoms. The van der Waals surface area contributed by atoms with E-state index in [9.17, 15) is 4.79 Å². The minimum atomic E-state index is -0.265. The standard InChI is InChI=1S/C19H23ClN2O4.ClH/c1-24-14-6-4-13(5-7-14)12-26-9-3-8-22-19(23)15-10-16(20)17(21)11-18(15)25-2;/h4-7,10-11H,3,8-9,12,21H2,1-2H3,(H,22,23);1H. The quantitative estimate of drug-likeness (QED) is 0.482. The van der Waals surface area contributed by atoms with Crippen molar-refractivity contribution in [3.63, 3.8) is 0 Å². The number of hydrogen-bond acceptors (Lipinski definition) is 5. The number of carbonyl (C=O) groups excluding carboxylic acids is 1. The van der Waals surface area contributed by atoms with E-state index >= 15 is 0 Å². The molecule has 0 saturated heterocycles. The van der Waals surface area contributed by atoms with Crippen molar-refractivity contribution in [2.45, 2.75) is 13.0 Å². The molecular formula is C19H24Cl2N2O4. The first kappa shape index (κ1) is 22.9. The van der Waals surface area contributed by atoms with Crippen molar-refractivity contribution in [2.24, 2.45) is 0 Å². The molecule has 8 heteroatoms. The molecule has 3 N–H and O–H groups in total. The third-order valence-electron chi connectivity index (χ3n) is 3.74. The van der Waals surface area contributed by atoms with Crippen LogP contribution in [0.15, 0.2) is 36.4 Å². The van der Waals surface area contributed by atoms with Gasteiger partial charge in [0.25, 0.3) is 5.91 Å². The molecule has 0 radical (unpaired) electrons. The molecule has 0 saturated carbocycles. The van der Waals surface area contributed by atoms with E-state index in [1.807, 2.05) is 24.3 Å². The summed E-state index contributed by atoms with van der Waals surface area (Å²) in [5, 5.41) is 3.14. The number of carbonyl (C=O) groups is 1. The van der Waals surface area contributed by atoms with Crippen LogP contribution in [0.25, 0.3) is 0 Å². The molecule has 2 aromatic rings. The smallest absolute Gasteiger partial charge is 0.255 e. The van der Waals surface area contributed by atoms with Crippen LogP contribution in [0.1, 0.15) is 22.3 Å². The number of nitrogen functional groups attached to an aromatic ring is 1. The summed E-state index contributed by atoms with van der Waals surface area (Å²) in [4.78, 5) is 12.3. The predicted octanol–water partition coefficient (Wildman–Crippen LogP) is 3.70. The maximum Gasteiger partial charge on any atom is 0.255 e. The van der Waals surface area contributed by atoms with E-state index in [4.69, 9.17) is 31.5 Å². The Kier molecular flexibility index (Phi) is 9.78. The van der Waals surface area contributed by atoms with Gasteiger partial charge in [-0.05, 0) is 30.2 Å². The first-order valence-corrected chi connectivity index (χ1v) is 8.55. The second-order valence-corrected chi connectivity index (χ2v) is 5.99. The predicted molar refractivity (Wildman–Crippen MR) is 109 cm³/mol. The number of rotatable bonds is 9. The van der Waals surface area contributed by atoms with Gasteiger partial charge < -0.3 is 25.3 Å². The van der Waals surface area contributed by atoms with Crippen LogP contribution in [0.5, 0.6) is 11.5 Å². The molecule has 2 rings (SSSR count). The average Bonchev–Trinajstić information content (AvgIpc) is 2.66. The van der Waals surface area contributed by atoms with Crippen molar-refractivity contribution >= 4 is 35.6 Å². The number of nitrogens with two attached hydrogens (primary N) is 1. The molecule has 0 atom stereocenters. The third-order valence-corrected chi connectivity index (χ3v) is 4.07. The Morgan fingerprint density at radius 3 is 2.48 bits per heavy atom. The highest BCUT2D eigenvalue weighted by atomic mass is 35.5. The summed E-state index contributed by atoms with van der Waals surface area (Å²) in [6.45, 7) is 1.53. The van der Waals surface area contributed by atoms with E-state index in [0.29, 0.717) is 48.2 Å². The van der Waals surface area contributed by atoms with Crippen molar-refractivity contribution < 1.29 is 19.0 Å². The lowest BCUT2D eigenvalue weighted by atomic mass is 10.1. The second kappa shape index (κ2) is 11.5. The van der Waals surface area contributed by atoms with Crippen LogP contribution in [0.2, 0.25) is 5.02 Å². The van der Waals surface area contributed by atoms with Crippen molar-refractivity contribution in [1.82, 2.24) is 5.32 Å². The zero-order valence-electron chi connectivity index (χ0n) is 15.3. The molecule has 27 heavy (non-hydrogen) atoms. The van der Waals surface area contributed by atoms with Gasteiger partial charge in [-0.1, -0.05) is 23.7 Å².